The molecule has 0 aliphatic carbocycles. The van der Waals surface area contributed by atoms with Crippen LogP contribution in [-0.2, 0) is 9.59 Å². The van der Waals surface area contributed by atoms with E-state index in [1.807, 2.05) is 13.0 Å². The lowest BCUT2D eigenvalue weighted by molar-refractivity contribution is -0.138. The van der Waals surface area contributed by atoms with Gasteiger partial charge in [-0.1, -0.05) is 24.3 Å². The van der Waals surface area contributed by atoms with Crippen molar-refractivity contribution >= 4 is 23.6 Å². The lowest BCUT2D eigenvalue weighted by Gasteiger charge is -2.23. The van der Waals surface area contributed by atoms with Crippen molar-refractivity contribution < 1.29 is 19.4 Å². The van der Waals surface area contributed by atoms with Gasteiger partial charge in [0.2, 0.25) is 5.91 Å². The predicted molar refractivity (Wildman–Crippen MR) is 106 cm³/mol. The van der Waals surface area contributed by atoms with Gasteiger partial charge in [0.05, 0.1) is 0 Å². The van der Waals surface area contributed by atoms with E-state index in [0.29, 0.717) is 17.0 Å². The number of benzene rings is 2. The molecule has 6 heteroatoms. The molecule has 0 bridgehead atoms. The van der Waals surface area contributed by atoms with Crippen molar-refractivity contribution in [2.45, 2.75) is 19.9 Å². The second-order valence-electron chi connectivity index (χ2n) is 6.44. The standard InChI is InChI=1S/C21H24N2O4/c1-14(13-16-7-5-6-8-19(16)25)20(23(3)4)21(26)27-18-11-9-17(10-12-18)22-15(2)24/h5-13,20,25H,1-4H3,(H,22,24). The zero-order chi connectivity index (χ0) is 20.0. The number of nitrogens with zero attached hydrogens (tertiary/aromatic N) is 1. The smallest absolute Gasteiger partial charge is 0.333 e. The van der Waals surface area contributed by atoms with Gasteiger partial charge in [-0.05, 0) is 56.9 Å². The van der Waals surface area contributed by atoms with Crippen LogP contribution >= 0.6 is 0 Å². The fourth-order valence-electron chi connectivity index (χ4n) is 2.72. The molecular formula is C21H24N2O4. The Morgan fingerprint density at radius 3 is 2.26 bits per heavy atom. The van der Waals surface area contributed by atoms with Crippen molar-refractivity contribution in [3.63, 3.8) is 0 Å². The molecular weight excluding hydrogens is 344 g/mol. The number of para-hydroxylation sites is 1. The fourth-order valence-corrected chi connectivity index (χ4v) is 2.72. The van der Waals surface area contributed by atoms with E-state index in [-0.39, 0.29) is 11.7 Å². The minimum absolute atomic E-state index is 0.149. The largest absolute Gasteiger partial charge is 0.507 e. The van der Waals surface area contributed by atoms with Gasteiger partial charge in [0, 0.05) is 18.2 Å². The molecule has 1 amide bonds. The monoisotopic (exact) mass is 368 g/mol. The molecule has 2 rings (SSSR count). The Hall–Kier alpha value is -3.12. The van der Waals surface area contributed by atoms with E-state index in [2.05, 4.69) is 5.32 Å². The molecule has 1 atom stereocenters. The average Bonchev–Trinajstić information content (AvgIpc) is 2.58. The molecule has 142 valence electrons. The van der Waals surface area contributed by atoms with Gasteiger partial charge in [0.15, 0.2) is 0 Å². The molecule has 6 nitrogen and oxygen atoms in total. The number of amides is 1. The van der Waals surface area contributed by atoms with Crippen LogP contribution in [0.5, 0.6) is 11.5 Å². The van der Waals surface area contributed by atoms with Crippen molar-refractivity contribution in [2.75, 3.05) is 19.4 Å². The molecule has 2 aromatic carbocycles. The number of phenolic OH excluding ortho intramolecular Hbond substituents is 1. The lowest BCUT2D eigenvalue weighted by atomic mass is 10.0. The number of hydrogen-bond donors (Lipinski definition) is 2. The van der Waals surface area contributed by atoms with E-state index in [0.717, 1.165) is 5.57 Å². The summed E-state index contributed by atoms with van der Waals surface area (Å²) in [5.41, 5.74) is 2.00. The maximum Gasteiger partial charge on any atom is 0.333 e. The van der Waals surface area contributed by atoms with Crippen molar-refractivity contribution in [3.05, 3.63) is 59.7 Å². The summed E-state index contributed by atoms with van der Waals surface area (Å²) in [4.78, 5) is 25.5. The number of hydrogen-bond acceptors (Lipinski definition) is 5. The molecule has 2 N–H and O–H groups in total. The summed E-state index contributed by atoms with van der Waals surface area (Å²) in [5, 5.41) is 12.6. The van der Waals surface area contributed by atoms with Crippen LogP contribution in [0.15, 0.2) is 54.1 Å². The van der Waals surface area contributed by atoms with E-state index in [9.17, 15) is 14.7 Å². The summed E-state index contributed by atoms with van der Waals surface area (Å²) in [5.74, 6) is -0.0682. The average molecular weight is 368 g/mol. The molecule has 27 heavy (non-hydrogen) atoms. The first-order valence-corrected chi connectivity index (χ1v) is 8.50. The Kier molecular flexibility index (Phi) is 6.73. The number of esters is 1. The predicted octanol–water partition coefficient (Wildman–Crippen LogP) is 3.29. The van der Waals surface area contributed by atoms with Crippen molar-refractivity contribution in [2.24, 2.45) is 0 Å². The molecule has 0 heterocycles. The summed E-state index contributed by atoms with van der Waals surface area (Å²) < 4.78 is 5.49. The zero-order valence-corrected chi connectivity index (χ0v) is 15.9. The van der Waals surface area contributed by atoms with Gasteiger partial charge < -0.3 is 15.2 Å². The van der Waals surface area contributed by atoms with E-state index in [1.165, 1.54) is 6.92 Å². The first-order valence-electron chi connectivity index (χ1n) is 8.50. The van der Waals surface area contributed by atoms with Crippen LogP contribution in [0.4, 0.5) is 5.69 Å². The summed E-state index contributed by atoms with van der Waals surface area (Å²) in [6.07, 6.45) is 1.77. The van der Waals surface area contributed by atoms with Gasteiger partial charge in [-0.3, -0.25) is 9.69 Å². The Morgan fingerprint density at radius 1 is 1.07 bits per heavy atom. The van der Waals surface area contributed by atoms with Gasteiger partial charge in [-0.25, -0.2) is 4.79 Å². The topological polar surface area (TPSA) is 78.9 Å². The van der Waals surface area contributed by atoms with Crippen molar-refractivity contribution in [1.82, 2.24) is 4.90 Å². The van der Waals surface area contributed by atoms with Crippen LogP contribution in [0.25, 0.3) is 6.08 Å². The summed E-state index contributed by atoms with van der Waals surface area (Å²) in [7, 11) is 3.57. The third kappa shape index (κ3) is 5.69. The normalized spacial score (nSPS) is 12.6. The highest BCUT2D eigenvalue weighted by Gasteiger charge is 2.25. The minimum Gasteiger partial charge on any atom is -0.507 e. The first-order chi connectivity index (χ1) is 12.8. The summed E-state index contributed by atoms with van der Waals surface area (Å²) >= 11 is 0. The Balaban J connectivity index is 2.17. The van der Waals surface area contributed by atoms with Gasteiger partial charge in [0.1, 0.15) is 17.5 Å². The maximum absolute atomic E-state index is 12.7. The molecule has 0 saturated heterocycles. The number of anilines is 1. The Bertz CT molecular complexity index is 842. The van der Waals surface area contributed by atoms with Crippen molar-refractivity contribution in [1.29, 1.82) is 0 Å². The highest BCUT2D eigenvalue weighted by molar-refractivity contribution is 5.89. The van der Waals surface area contributed by atoms with E-state index in [1.54, 1.807) is 67.5 Å². The molecule has 0 spiro atoms. The van der Waals surface area contributed by atoms with E-state index in [4.69, 9.17) is 4.74 Å². The first kappa shape index (κ1) is 20.2. The molecule has 0 fully saturated rings. The number of nitrogens with one attached hydrogen (secondary N) is 1. The Morgan fingerprint density at radius 2 is 1.70 bits per heavy atom. The van der Waals surface area contributed by atoms with Crippen LogP contribution in [0, 0.1) is 0 Å². The fraction of sp³-hybridized carbons (Fsp3) is 0.238. The van der Waals surface area contributed by atoms with Crippen LogP contribution in [0.1, 0.15) is 19.4 Å². The highest BCUT2D eigenvalue weighted by atomic mass is 16.5. The number of likely N-dealkylation sites (N-methyl/N-ethyl adjacent to an activating group) is 1. The SMILES string of the molecule is CC(=O)Nc1ccc(OC(=O)C(C(C)=Cc2ccccc2O)N(C)C)cc1. The zero-order valence-electron chi connectivity index (χ0n) is 15.9. The number of phenols is 1. The molecule has 0 aromatic heterocycles. The second-order valence-corrected chi connectivity index (χ2v) is 6.44. The number of rotatable bonds is 6. The quantitative estimate of drug-likeness (QED) is 0.604. The van der Waals surface area contributed by atoms with E-state index >= 15 is 0 Å². The van der Waals surface area contributed by atoms with E-state index < -0.39 is 12.0 Å². The summed E-state index contributed by atoms with van der Waals surface area (Å²) in [6.45, 7) is 3.24. The van der Waals surface area contributed by atoms with Gasteiger partial charge >= 0.3 is 5.97 Å². The molecule has 2 aromatic rings. The van der Waals surface area contributed by atoms with Crippen LogP contribution in [0.3, 0.4) is 0 Å². The minimum atomic E-state index is -0.611. The summed E-state index contributed by atoms with van der Waals surface area (Å²) in [6, 6.07) is 12.9. The molecule has 0 aliphatic rings. The molecule has 0 aliphatic heterocycles. The van der Waals surface area contributed by atoms with Gasteiger partial charge in [-0.2, -0.15) is 0 Å². The van der Waals surface area contributed by atoms with Crippen molar-refractivity contribution in [3.8, 4) is 11.5 Å². The molecule has 0 radical (unpaired) electrons. The third-order valence-corrected chi connectivity index (χ3v) is 3.88. The van der Waals surface area contributed by atoms with Crippen LogP contribution in [-0.4, -0.2) is 42.0 Å². The number of carbonyl (C=O) groups excluding carboxylic acids is 2. The van der Waals surface area contributed by atoms with Crippen LogP contribution in [0.2, 0.25) is 0 Å². The van der Waals surface area contributed by atoms with Crippen LogP contribution < -0.4 is 10.1 Å². The molecule has 1 unspecified atom stereocenters. The lowest BCUT2D eigenvalue weighted by Crippen LogP contribution is -2.39. The third-order valence-electron chi connectivity index (χ3n) is 3.88. The number of carbonyl (C=O) groups is 2. The van der Waals surface area contributed by atoms with Gasteiger partial charge in [0.25, 0.3) is 0 Å². The highest BCUT2D eigenvalue weighted by Crippen LogP contribution is 2.23. The second kappa shape index (κ2) is 9.00. The van der Waals surface area contributed by atoms with Gasteiger partial charge in [-0.15, -0.1) is 0 Å². The number of aromatic hydroxyl groups is 1. The maximum atomic E-state index is 12.7. The molecule has 0 saturated carbocycles. The number of ether oxygens (including phenoxy) is 1. The Labute approximate surface area is 159 Å².